The van der Waals surface area contributed by atoms with Gasteiger partial charge in [0.15, 0.2) is 0 Å². The summed E-state index contributed by atoms with van der Waals surface area (Å²) in [4.78, 5) is 0. The molecule has 4 rings (SSSR count). The van der Waals surface area contributed by atoms with Crippen LogP contribution in [0.1, 0.15) is 92.9 Å². The van der Waals surface area contributed by atoms with Crippen LogP contribution < -0.4 is 0 Å². The summed E-state index contributed by atoms with van der Waals surface area (Å²) in [5, 5.41) is 10.2. The van der Waals surface area contributed by atoms with Gasteiger partial charge in [-0.15, -0.1) is 0 Å². The molecule has 0 saturated heterocycles. The monoisotopic (exact) mass is 430 g/mol. The molecule has 0 aromatic rings. The normalized spacial score (nSPS) is 46.9. The number of rotatable bonds is 5. The molecule has 1 unspecified atom stereocenters. The lowest BCUT2D eigenvalue weighted by Crippen LogP contribution is -2.54. The van der Waals surface area contributed by atoms with Gasteiger partial charge in [0.1, 0.15) is 6.17 Å². The molecule has 0 spiro atoms. The van der Waals surface area contributed by atoms with Crippen molar-refractivity contribution in [2.24, 2.45) is 52.3 Å². The molecular weight excluding hydrogens is 383 g/mol. The van der Waals surface area contributed by atoms with Gasteiger partial charge in [0.25, 0.3) is 0 Å². The number of aliphatic hydroxyl groups excluding tert-OH is 1. The average molecular weight is 431 g/mol. The van der Waals surface area contributed by atoms with Crippen LogP contribution in [0.15, 0.2) is 23.8 Å². The van der Waals surface area contributed by atoms with Crippen LogP contribution in [0.4, 0.5) is 4.39 Å². The molecule has 0 aromatic heterocycles. The summed E-state index contributed by atoms with van der Waals surface area (Å²) in [6, 6.07) is 0. The molecule has 0 amide bonds. The molecule has 0 radical (unpaired) electrons. The fraction of sp³-hybridized carbons (Fsp3) is 0.862. The summed E-state index contributed by atoms with van der Waals surface area (Å²) in [6.45, 7) is 14.2. The maximum absolute atomic E-state index is 15.4. The van der Waals surface area contributed by atoms with Gasteiger partial charge in [0, 0.05) is 11.8 Å². The molecule has 4 aliphatic rings. The predicted molar refractivity (Wildman–Crippen MR) is 128 cm³/mol. The predicted octanol–water partition coefficient (Wildman–Crippen LogP) is 7.75. The zero-order chi connectivity index (χ0) is 22.6. The van der Waals surface area contributed by atoms with E-state index in [-0.39, 0.29) is 5.41 Å². The Kier molecular flexibility index (Phi) is 6.54. The number of hydrogen-bond acceptors (Lipinski definition) is 1. The van der Waals surface area contributed by atoms with Gasteiger partial charge in [-0.3, -0.25) is 0 Å². The van der Waals surface area contributed by atoms with Crippen LogP contribution in [0.3, 0.4) is 0 Å². The summed E-state index contributed by atoms with van der Waals surface area (Å²) < 4.78 is 15.4. The molecule has 176 valence electrons. The highest BCUT2D eigenvalue weighted by Crippen LogP contribution is 2.67. The topological polar surface area (TPSA) is 20.2 Å². The number of fused-ring (bicyclic) bond motifs is 5. The zero-order valence-electron chi connectivity index (χ0n) is 20.9. The molecule has 10 atom stereocenters. The number of aliphatic hydroxyl groups is 1. The molecule has 0 bridgehead atoms. The van der Waals surface area contributed by atoms with Gasteiger partial charge >= 0.3 is 0 Å². The average Bonchev–Trinajstić information content (AvgIpc) is 3.06. The van der Waals surface area contributed by atoms with Gasteiger partial charge < -0.3 is 5.11 Å². The second-order valence-electron chi connectivity index (χ2n) is 12.5. The first-order chi connectivity index (χ1) is 14.6. The highest BCUT2D eigenvalue weighted by Gasteiger charge is 2.61. The third kappa shape index (κ3) is 3.77. The van der Waals surface area contributed by atoms with E-state index in [0.717, 1.165) is 18.3 Å². The van der Waals surface area contributed by atoms with Crippen molar-refractivity contribution in [1.29, 1.82) is 0 Å². The van der Waals surface area contributed by atoms with E-state index in [4.69, 9.17) is 0 Å². The van der Waals surface area contributed by atoms with E-state index in [2.05, 4.69) is 59.8 Å². The van der Waals surface area contributed by atoms with Crippen LogP contribution in [-0.2, 0) is 0 Å². The maximum atomic E-state index is 15.4. The van der Waals surface area contributed by atoms with Crippen LogP contribution in [0.2, 0.25) is 0 Å². The van der Waals surface area contributed by atoms with Crippen LogP contribution >= 0.6 is 0 Å². The van der Waals surface area contributed by atoms with Crippen molar-refractivity contribution in [3.05, 3.63) is 23.8 Å². The first-order valence-electron chi connectivity index (χ1n) is 13.3. The van der Waals surface area contributed by atoms with Gasteiger partial charge in [0.2, 0.25) is 0 Å². The largest absolute Gasteiger partial charge is 0.393 e. The molecule has 3 saturated carbocycles. The Morgan fingerprint density at radius 2 is 1.87 bits per heavy atom. The first-order valence-corrected chi connectivity index (χ1v) is 13.3. The number of hydrogen-bond donors (Lipinski definition) is 1. The van der Waals surface area contributed by atoms with E-state index >= 15 is 4.39 Å². The Labute approximate surface area is 191 Å². The molecule has 1 N–H and O–H groups in total. The lowest BCUT2D eigenvalue weighted by atomic mass is 9.46. The second-order valence-corrected chi connectivity index (χ2v) is 12.5. The highest BCUT2D eigenvalue weighted by molar-refractivity contribution is 5.27. The summed E-state index contributed by atoms with van der Waals surface area (Å²) in [7, 11) is 0. The smallest absolute Gasteiger partial charge is 0.112 e. The fourth-order valence-electron chi connectivity index (χ4n) is 8.84. The zero-order valence-corrected chi connectivity index (χ0v) is 20.9. The van der Waals surface area contributed by atoms with E-state index in [9.17, 15) is 5.11 Å². The van der Waals surface area contributed by atoms with Gasteiger partial charge in [-0.25, -0.2) is 4.39 Å². The molecule has 4 aliphatic carbocycles. The van der Waals surface area contributed by atoms with Crippen molar-refractivity contribution in [3.8, 4) is 0 Å². The standard InChI is InChI=1S/C29H47FO/c1-7-20(18(2)3)9-8-19(4)24-12-13-25-23-11-10-21-16-22(31)17-27(30)29(21,6)26(23)14-15-28(24,25)5/h8-10,18-20,22-27,31H,7,11-17H2,1-6H3/b9-8+/t19-,20+,22+,23+,24-,25+,26+,27?,28-,29+/m1/s1. The van der Waals surface area contributed by atoms with E-state index in [0.29, 0.717) is 47.8 Å². The second kappa shape index (κ2) is 8.62. The summed E-state index contributed by atoms with van der Waals surface area (Å²) in [5.74, 6) is 4.60. The number of allylic oxidation sites excluding steroid dienone is 3. The van der Waals surface area contributed by atoms with E-state index in [1.54, 1.807) is 0 Å². The van der Waals surface area contributed by atoms with Gasteiger partial charge in [0.05, 0.1) is 6.10 Å². The van der Waals surface area contributed by atoms with Gasteiger partial charge in [-0.1, -0.05) is 65.3 Å². The van der Waals surface area contributed by atoms with Crippen molar-refractivity contribution in [2.45, 2.75) is 105 Å². The van der Waals surface area contributed by atoms with Crippen molar-refractivity contribution in [3.63, 3.8) is 0 Å². The SMILES string of the molecule is CC[C@@H](/C=C/[C@@H](C)[C@H]1CC[C@H]2[C@@H]3CC=C4C[C@H](O)CC(F)[C@]4(C)[C@H]3CC[C@]12C)C(C)C. The van der Waals surface area contributed by atoms with E-state index < -0.39 is 12.3 Å². The Balaban J connectivity index is 1.54. The highest BCUT2D eigenvalue weighted by atomic mass is 19.1. The van der Waals surface area contributed by atoms with Crippen molar-refractivity contribution >= 4 is 0 Å². The molecule has 0 aromatic carbocycles. The number of halogens is 1. The summed E-state index contributed by atoms with van der Waals surface area (Å²) in [5.41, 5.74) is 1.29. The molecule has 2 heteroatoms. The lowest BCUT2D eigenvalue weighted by Gasteiger charge is -2.59. The van der Waals surface area contributed by atoms with Crippen LogP contribution in [-0.4, -0.2) is 17.4 Å². The van der Waals surface area contributed by atoms with Crippen LogP contribution in [0.25, 0.3) is 0 Å². The minimum atomic E-state index is -0.888. The lowest BCUT2D eigenvalue weighted by molar-refractivity contribution is -0.0837. The Bertz CT molecular complexity index is 710. The van der Waals surface area contributed by atoms with Crippen LogP contribution in [0.5, 0.6) is 0 Å². The molecule has 0 heterocycles. The Morgan fingerprint density at radius 1 is 1.13 bits per heavy atom. The fourth-order valence-corrected chi connectivity index (χ4v) is 8.84. The first kappa shape index (κ1) is 23.5. The molecule has 0 aliphatic heterocycles. The molecule has 1 nitrogen and oxygen atoms in total. The quantitative estimate of drug-likeness (QED) is 0.442. The van der Waals surface area contributed by atoms with E-state index in [1.165, 1.54) is 37.7 Å². The minimum absolute atomic E-state index is 0.331. The van der Waals surface area contributed by atoms with Crippen molar-refractivity contribution in [2.75, 3.05) is 0 Å². The molecular formula is C29H47FO. The Morgan fingerprint density at radius 3 is 2.55 bits per heavy atom. The van der Waals surface area contributed by atoms with Gasteiger partial charge in [-0.05, 0) is 91.8 Å². The maximum Gasteiger partial charge on any atom is 0.112 e. The van der Waals surface area contributed by atoms with Gasteiger partial charge in [-0.2, -0.15) is 0 Å². The van der Waals surface area contributed by atoms with Crippen molar-refractivity contribution in [1.82, 2.24) is 0 Å². The molecule has 3 fully saturated rings. The van der Waals surface area contributed by atoms with Crippen LogP contribution in [0, 0.1) is 52.3 Å². The number of alkyl halides is 1. The minimum Gasteiger partial charge on any atom is -0.393 e. The summed E-state index contributed by atoms with van der Waals surface area (Å²) in [6.07, 6.45) is 14.5. The third-order valence-electron chi connectivity index (χ3n) is 10.8. The molecule has 31 heavy (non-hydrogen) atoms. The Hall–Kier alpha value is -0.630. The van der Waals surface area contributed by atoms with Crippen molar-refractivity contribution < 1.29 is 9.50 Å². The third-order valence-corrected chi connectivity index (χ3v) is 10.8. The summed E-state index contributed by atoms with van der Waals surface area (Å²) >= 11 is 0. The van der Waals surface area contributed by atoms with E-state index in [1.807, 2.05) is 0 Å².